The molecule has 0 saturated carbocycles. The number of hydrazine groups is 1. The van der Waals surface area contributed by atoms with E-state index in [-0.39, 0.29) is 0 Å². The zero-order valence-corrected chi connectivity index (χ0v) is 7.82. The number of furan rings is 1. The van der Waals surface area contributed by atoms with Crippen LogP contribution in [0, 0.1) is 0 Å². The van der Waals surface area contributed by atoms with Gasteiger partial charge in [-0.1, -0.05) is 0 Å². The molecule has 1 aromatic rings. The molecule has 0 aliphatic carbocycles. The van der Waals surface area contributed by atoms with E-state index in [2.05, 4.69) is 10.4 Å². The van der Waals surface area contributed by atoms with Crippen LogP contribution in [0.25, 0.3) is 0 Å². The first kappa shape index (κ1) is 9.60. The molecular formula is C8H14N4O. The molecule has 1 aromatic heterocycles. The number of hydrogen-bond donors (Lipinski definition) is 2. The zero-order valence-electron chi connectivity index (χ0n) is 7.82. The SMILES string of the molecule is CN=C(NN)N(C)Cc1ccco1. The molecule has 0 atom stereocenters. The number of nitrogens with two attached hydrogens (primary N) is 1. The molecule has 0 aliphatic rings. The Labute approximate surface area is 77.2 Å². The molecule has 0 bridgehead atoms. The van der Waals surface area contributed by atoms with Crippen molar-refractivity contribution in [3.05, 3.63) is 24.2 Å². The summed E-state index contributed by atoms with van der Waals surface area (Å²) in [5, 5.41) is 0. The lowest BCUT2D eigenvalue weighted by atomic mass is 10.4. The molecule has 13 heavy (non-hydrogen) atoms. The van der Waals surface area contributed by atoms with Crippen LogP contribution < -0.4 is 11.3 Å². The number of rotatable bonds is 2. The molecule has 1 heterocycles. The molecule has 72 valence electrons. The van der Waals surface area contributed by atoms with Gasteiger partial charge >= 0.3 is 0 Å². The summed E-state index contributed by atoms with van der Waals surface area (Å²) in [5.41, 5.74) is 2.50. The van der Waals surface area contributed by atoms with Crippen molar-refractivity contribution in [2.24, 2.45) is 10.8 Å². The summed E-state index contributed by atoms with van der Waals surface area (Å²) in [4.78, 5) is 5.81. The van der Waals surface area contributed by atoms with Gasteiger partial charge in [0.2, 0.25) is 5.96 Å². The van der Waals surface area contributed by atoms with Gasteiger partial charge in [-0.15, -0.1) is 0 Å². The van der Waals surface area contributed by atoms with E-state index >= 15 is 0 Å². The van der Waals surface area contributed by atoms with Crippen LogP contribution >= 0.6 is 0 Å². The van der Waals surface area contributed by atoms with Gasteiger partial charge in [0, 0.05) is 14.1 Å². The maximum Gasteiger partial charge on any atom is 0.208 e. The fourth-order valence-electron chi connectivity index (χ4n) is 1.06. The van der Waals surface area contributed by atoms with E-state index in [0.29, 0.717) is 12.5 Å². The summed E-state index contributed by atoms with van der Waals surface area (Å²) in [6.45, 7) is 0.643. The van der Waals surface area contributed by atoms with Crippen molar-refractivity contribution in [1.82, 2.24) is 10.3 Å². The largest absolute Gasteiger partial charge is 0.467 e. The molecule has 0 fully saturated rings. The second kappa shape index (κ2) is 4.51. The fourth-order valence-corrected chi connectivity index (χ4v) is 1.06. The third-order valence-electron chi connectivity index (χ3n) is 1.68. The molecule has 5 heteroatoms. The Hall–Kier alpha value is -1.49. The standard InChI is InChI=1S/C8H14N4O/c1-10-8(11-9)12(2)6-7-4-3-5-13-7/h3-5H,6,9H2,1-2H3,(H,10,11). The predicted molar refractivity (Wildman–Crippen MR) is 50.9 cm³/mol. The lowest BCUT2D eigenvalue weighted by molar-refractivity contribution is 0.401. The number of nitrogens with one attached hydrogen (secondary N) is 1. The second-order valence-electron chi connectivity index (χ2n) is 2.63. The monoisotopic (exact) mass is 182 g/mol. The van der Waals surface area contributed by atoms with E-state index in [1.54, 1.807) is 13.3 Å². The Balaban J connectivity index is 2.55. The minimum Gasteiger partial charge on any atom is -0.467 e. The zero-order chi connectivity index (χ0) is 9.68. The van der Waals surface area contributed by atoms with Crippen LogP contribution in [0.1, 0.15) is 5.76 Å². The lowest BCUT2D eigenvalue weighted by Gasteiger charge is -2.18. The molecule has 0 spiro atoms. The second-order valence-corrected chi connectivity index (χ2v) is 2.63. The molecular weight excluding hydrogens is 168 g/mol. The van der Waals surface area contributed by atoms with Crippen molar-refractivity contribution < 1.29 is 4.42 Å². The summed E-state index contributed by atoms with van der Waals surface area (Å²) in [7, 11) is 3.55. The van der Waals surface area contributed by atoms with Gasteiger partial charge in [0.15, 0.2) is 0 Å². The molecule has 3 N–H and O–H groups in total. The van der Waals surface area contributed by atoms with Crippen LogP contribution in [0.15, 0.2) is 27.8 Å². The van der Waals surface area contributed by atoms with Crippen molar-refractivity contribution in [2.75, 3.05) is 14.1 Å². The highest BCUT2D eigenvalue weighted by molar-refractivity contribution is 5.78. The highest BCUT2D eigenvalue weighted by Crippen LogP contribution is 2.03. The first-order valence-corrected chi connectivity index (χ1v) is 3.95. The number of guanidine groups is 1. The quantitative estimate of drug-likeness (QED) is 0.296. The molecule has 0 aromatic carbocycles. The van der Waals surface area contributed by atoms with Crippen LogP contribution in [-0.2, 0) is 6.54 Å². The normalized spacial score (nSPS) is 11.5. The van der Waals surface area contributed by atoms with Gasteiger partial charge in [-0.25, -0.2) is 5.84 Å². The molecule has 0 radical (unpaired) electrons. The van der Waals surface area contributed by atoms with Crippen LogP contribution in [-0.4, -0.2) is 25.0 Å². The van der Waals surface area contributed by atoms with Crippen molar-refractivity contribution in [3.8, 4) is 0 Å². The first-order valence-electron chi connectivity index (χ1n) is 3.95. The van der Waals surface area contributed by atoms with Gasteiger partial charge < -0.3 is 9.32 Å². The molecule has 1 rings (SSSR count). The molecule has 0 saturated heterocycles. The molecule has 5 nitrogen and oxygen atoms in total. The van der Waals surface area contributed by atoms with E-state index in [1.807, 2.05) is 24.1 Å². The molecule has 0 unspecified atom stereocenters. The van der Waals surface area contributed by atoms with E-state index in [1.165, 1.54) is 0 Å². The van der Waals surface area contributed by atoms with Gasteiger partial charge in [0.25, 0.3) is 0 Å². The Morgan fingerprint density at radius 2 is 2.54 bits per heavy atom. The molecule has 0 amide bonds. The fraction of sp³-hybridized carbons (Fsp3) is 0.375. The maximum atomic E-state index is 5.26. The van der Waals surface area contributed by atoms with Crippen molar-refractivity contribution in [2.45, 2.75) is 6.54 Å². The summed E-state index contributed by atoms with van der Waals surface area (Å²) < 4.78 is 5.18. The number of nitrogens with zero attached hydrogens (tertiary/aromatic N) is 2. The van der Waals surface area contributed by atoms with Crippen molar-refractivity contribution in [1.29, 1.82) is 0 Å². The van der Waals surface area contributed by atoms with Crippen LogP contribution in [0.4, 0.5) is 0 Å². The maximum absolute atomic E-state index is 5.26. The van der Waals surface area contributed by atoms with E-state index in [0.717, 1.165) is 5.76 Å². The van der Waals surface area contributed by atoms with Crippen LogP contribution in [0.3, 0.4) is 0 Å². The van der Waals surface area contributed by atoms with Crippen LogP contribution in [0.2, 0.25) is 0 Å². The van der Waals surface area contributed by atoms with E-state index < -0.39 is 0 Å². The summed E-state index contributed by atoms with van der Waals surface area (Å²) in [5.74, 6) is 6.76. The summed E-state index contributed by atoms with van der Waals surface area (Å²) >= 11 is 0. The average Bonchev–Trinajstić information content (AvgIpc) is 2.59. The topological polar surface area (TPSA) is 66.8 Å². The van der Waals surface area contributed by atoms with Gasteiger partial charge in [0.05, 0.1) is 12.8 Å². The summed E-state index contributed by atoms with van der Waals surface area (Å²) in [6.07, 6.45) is 1.64. The summed E-state index contributed by atoms with van der Waals surface area (Å²) in [6, 6.07) is 3.75. The van der Waals surface area contributed by atoms with E-state index in [9.17, 15) is 0 Å². The highest BCUT2D eigenvalue weighted by atomic mass is 16.3. The Morgan fingerprint density at radius 1 is 1.77 bits per heavy atom. The van der Waals surface area contributed by atoms with Crippen molar-refractivity contribution >= 4 is 5.96 Å². The minimum atomic E-state index is 0.622. The van der Waals surface area contributed by atoms with Crippen LogP contribution in [0.5, 0.6) is 0 Å². The molecule has 0 aliphatic heterocycles. The Kier molecular flexibility index (Phi) is 3.33. The number of hydrogen-bond acceptors (Lipinski definition) is 3. The van der Waals surface area contributed by atoms with Gasteiger partial charge in [-0.05, 0) is 12.1 Å². The van der Waals surface area contributed by atoms with Crippen molar-refractivity contribution in [3.63, 3.8) is 0 Å². The average molecular weight is 182 g/mol. The highest BCUT2D eigenvalue weighted by Gasteiger charge is 2.05. The first-order chi connectivity index (χ1) is 6.27. The third-order valence-corrected chi connectivity index (χ3v) is 1.68. The smallest absolute Gasteiger partial charge is 0.208 e. The lowest BCUT2D eigenvalue weighted by Crippen LogP contribution is -2.42. The predicted octanol–water partition coefficient (Wildman–Crippen LogP) is 0.161. The Morgan fingerprint density at radius 3 is 3.00 bits per heavy atom. The van der Waals surface area contributed by atoms with Gasteiger partial charge in [0.1, 0.15) is 5.76 Å². The van der Waals surface area contributed by atoms with Gasteiger partial charge in [-0.2, -0.15) is 0 Å². The Bertz CT molecular complexity index is 268. The van der Waals surface area contributed by atoms with E-state index in [4.69, 9.17) is 10.3 Å². The van der Waals surface area contributed by atoms with Gasteiger partial charge in [-0.3, -0.25) is 10.4 Å². The minimum absolute atomic E-state index is 0.622. The third kappa shape index (κ3) is 2.48. The number of aliphatic imine (C=N–C) groups is 1.